The summed E-state index contributed by atoms with van der Waals surface area (Å²) in [7, 11) is 0. The van der Waals surface area contributed by atoms with E-state index < -0.39 is 17.7 Å². The molecule has 7 heteroatoms. The van der Waals surface area contributed by atoms with Crippen molar-refractivity contribution in [3.63, 3.8) is 0 Å². The van der Waals surface area contributed by atoms with Gasteiger partial charge in [0.25, 0.3) is 5.78 Å². The van der Waals surface area contributed by atoms with Crippen LogP contribution in [0.5, 0.6) is 5.75 Å². The van der Waals surface area contributed by atoms with E-state index in [0.717, 1.165) is 15.8 Å². The minimum absolute atomic E-state index is 0.0330. The van der Waals surface area contributed by atoms with Crippen LogP contribution in [0.25, 0.3) is 5.76 Å². The molecule has 2 unspecified atom stereocenters. The summed E-state index contributed by atoms with van der Waals surface area (Å²) in [5.41, 5.74) is 2.15. The van der Waals surface area contributed by atoms with E-state index in [9.17, 15) is 14.7 Å². The number of ether oxygens (including phenoxy) is 1. The van der Waals surface area contributed by atoms with Crippen LogP contribution < -0.4 is 9.64 Å². The van der Waals surface area contributed by atoms with Crippen LogP contribution in [0.15, 0.2) is 76.9 Å². The molecule has 1 fully saturated rings. The molecule has 2 aromatic carbocycles. The van der Waals surface area contributed by atoms with E-state index >= 15 is 0 Å². The second-order valence-corrected chi connectivity index (χ2v) is 8.78. The fraction of sp³-hybridized carbons (Fsp3) is 0.160. The van der Waals surface area contributed by atoms with Crippen molar-refractivity contribution in [2.75, 3.05) is 4.90 Å². The van der Waals surface area contributed by atoms with Gasteiger partial charge in [-0.05, 0) is 60.5 Å². The number of fused-ring (bicyclic) bond motifs is 1. The standard InChI is InChI=1S/C25H19BrN2O4/c1-14-11-17-12-16(8-9-19(17)32-14)23(29)21-22(15-5-4-6-18(26)13-15)28(25(31)24(21)30)20-7-2-3-10-27-20/h2-10,12-14,22,29H,11H2,1H3. The van der Waals surface area contributed by atoms with Gasteiger partial charge < -0.3 is 9.84 Å². The number of hydrogen-bond acceptors (Lipinski definition) is 5. The maximum atomic E-state index is 13.2. The first-order valence-electron chi connectivity index (χ1n) is 10.2. The number of pyridine rings is 1. The number of carbonyl (C=O) groups excluding carboxylic acids is 2. The minimum atomic E-state index is -0.814. The summed E-state index contributed by atoms with van der Waals surface area (Å²) in [6, 6.07) is 17.0. The summed E-state index contributed by atoms with van der Waals surface area (Å²) >= 11 is 3.46. The predicted octanol–water partition coefficient (Wildman–Crippen LogP) is 4.79. The van der Waals surface area contributed by atoms with Crippen molar-refractivity contribution in [2.45, 2.75) is 25.5 Å². The molecular weight excluding hydrogens is 472 g/mol. The highest BCUT2D eigenvalue weighted by molar-refractivity contribution is 9.10. The highest BCUT2D eigenvalue weighted by atomic mass is 79.9. The van der Waals surface area contributed by atoms with Crippen molar-refractivity contribution in [1.29, 1.82) is 0 Å². The summed E-state index contributed by atoms with van der Waals surface area (Å²) in [5.74, 6) is -0.577. The Hall–Kier alpha value is -3.45. The Morgan fingerprint density at radius 2 is 1.97 bits per heavy atom. The van der Waals surface area contributed by atoms with Crippen LogP contribution in [0, 0.1) is 0 Å². The van der Waals surface area contributed by atoms with Gasteiger partial charge in [-0.3, -0.25) is 14.5 Å². The number of aliphatic hydroxyl groups is 1. The maximum absolute atomic E-state index is 13.2. The van der Waals surface area contributed by atoms with Gasteiger partial charge in [0.15, 0.2) is 0 Å². The predicted molar refractivity (Wildman–Crippen MR) is 123 cm³/mol. The normalized spacial score (nSPS) is 21.5. The Bertz CT molecular complexity index is 1270. The van der Waals surface area contributed by atoms with Gasteiger partial charge in [0, 0.05) is 22.7 Å². The molecule has 160 valence electrons. The zero-order valence-corrected chi connectivity index (χ0v) is 18.7. The van der Waals surface area contributed by atoms with Crippen molar-refractivity contribution >= 4 is 39.2 Å². The van der Waals surface area contributed by atoms with E-state index in [-0.39, 0.29) is 17.4 Å². The van der Waals surface area contributed by atoms with Gasteiger partial charge in [0.1, 0.15) is 23.4 Å². The highest BCUT2D eigenvalue weighted by Gasteiger charge is 2.47. The maximum Gasteiger partial charge on any atom is 0.301 e. The van der Waals surface area contributed by atoms with Gasteiger partial charge >= 0.3 is 5.91 Å². The molecular formula is C25H19BrN2O4. The number of rotatable bonds is 3. The Kier molecular flexibility index (Phi) is 5.06. The molecule has 5 rings (SSSR count). The fourth-order valence-electron chi connectivity index (χ4n) is 4.28. The number of ketones is 1. The molecule has 1 aromatic heterocycles. The largest absolute Gasteiger partial charge is 0.507 e. The molecule has 1 N–H and O–H groups in total. The van der Waals surface area contributed by atoms with Crippen LogP contribution in [0.1, 0.15) is 29.7 Å². The lowest BCUT2D eigenvalue weighted by molar-refractivity contribution is -0.132. The van der Waals surface area contributed by atoms with Crippen molar-refractivity contribution in [3.05, 3.63) is 93.6 Å². The summed E-state index contributed by atoms with van der Waals surface area (Å²) in [6.45, 7) is 1.98. The van der Waals surface area contributed by atoms with Crippen LogP contribution in [0.3, 0.4) is 0 Å². The number of hydrogen-bond donors (Lipinski definition) is 1. The second kappa shape index (κ2) is 7.91. The number of aromatic nitrogens is 1. The van der Waals surface area contributed by atoms with Crippen molar-refractivity contribution in [3.8, 4) is 5.75 Å². The third kappa shape index (κ3) is 3.39. The Balaban J connectivity index is 1.70. The first-order chi connectivity index (χ1) is 15.4. The Morgan fingerprint density at radius 1 is 1.12 bits per heavy atom. The third-order valence-corrected chi connectivity index (χ3v) is 6.17. The first kappa shape index (κ1) is 20.5. The summed E-state index contributed by atoms with van der Waals surface area (Å²) < 4.78 is 6.54. The van der Waals surface area contributed by atoms with Crippen LogP contribution in [-0.4, -0.2) is 27.9 Å². The van der Waals surface area contributed by atoms with E-state index in [1.54, 1.807) is 36.5 Å². The van der Waals surface area contributed by atoms with E-state index in [1.165, 1.54) is 4.90 Å². The SMILES string of the molecule is CC1Cc2cc(C(O)=C3C(=O)C(=O)N(c4ccccn4)C3c3cccc(Br)c3)ccc2O1. The van der Waals surface area contributed by atoms with Crippen LogP contribution >= 0.6 is 15.9 Å². The number of amides is 1. The average molecular weight is 491 g/mol. The molecule has 2 aliphatic heterocycles. The van der Waals surface area contributed by atoms with Gasteiger partial charge in [-0.25, -0.2) is 4.98 Å². The van der Waals surface area contributed by atoms with E-state index in [0.29, 0.717) is 23.4 Å². The van der Waals surface area contributed by atoms with E-state index in [2.05, 4.69) is 20.9 Å². The molecule has 0 bridgehead atoms. The lowest BCUT2D eigenvalue weighted by atomic mass is 9.94. The van der Waals surface area contributed by atoms with Crippen LogP contribution in [0.4, 0.5) is 5.82 Å². The number of Topliss-reactive ketones (excluding diaryl/α,β-unsaturated/α-hetero) is 1. The zero-order chi connectivity index (χ0) is 22.4. The van der Waals surface area contributed by atoms with Crippen molar-refractivity contribution < 1.29 is 19.4 Å². The van der Waals surface area contributed by atoms with Gasteiger partial charge in [-0.15, -0.1) is 0 Å². The molecule has 2 aliphatic rings. The molecule has 2 atom stereocenters. The molecule has 1 saturated heterocycles. The highest BCUT2D eigenvalue weighted by Crippen LogP contribution is 2.42. The van der Waals surface area contributed by atoms with Crippen LogP contribution in [-0.2, 0) is 16.0 Å². The lowest BCUT2D eigenvalue weighted by Crippen LogP contribution is -2.30. The van der Waals surface area contributed by atoms with Gasteiger partial charge in [-0.1, -0.05) is 34.1 Å². The van der Waals surface area contributed by atoms with Gasteiger partial charge in [0.05, 0.1) is 11.6 Å². The molecule has 0 radical (unpaired) electrons. The molecule has 6 nitrogen and oxygen atoms in total. The minimum Gasteiger partial charge on any atom is -0.507 e. The Labute approximate surface area is 193 Å². The number of benzene rings is 2. The summed E-state index contributed by atoms with van der Waals surface area (Å²) in [6.07, 6.45) is 2.33. The van der Waals surface area contributed by atoms with Crippen molar-refractivity contribution in [1.82, 2.24) is 4.98 Å². The number of nitrogens with zero attached hydrogens (tertiary/aromatic N) is 2. The third-order valence-electron chi connectivity index (χ3n) is 5.67. The van der Waals surface area contributed by atoms with E-state index in [4.69, 9.17) is 4.74 Å². The second-order valence-electron chi connectivity index (χ2n) is 7.87. The van der Waals surface area contributed by atoms with Crippen molar-refractivity contribution in [2.24, 2.45) is 0 Å². The molecule has 0 spiro atoms. The summed E-state index contributed by atoms with van der Waals surface area (Å²) in [4.78, 5) is 31.9. The van der Waals surface area contributed by atoms with Gasteiger partial charge in [-0.2, -0.15) is 0 Å². The van der Waals surface area contributed by atoms with E-state index in [1.807, 2.05) is 37.3 Å². The average Bonchev–Trinajstić information content (AvgIpc) is 3.29. The van der Waals surface area contributed by atoms with Crippen LogP contribution in [0.2, 0.25) is 0 Å². The lowest BCUT2D eigenvalue weighted by Gasteiger charge is -2.24. The molecule has 3 heterocycles. The number of carbonyl (C=O) groups is 2. The number of anilines is 1. The first-order valence-corrected chi connectivity index (χ1v) is 11.0. The summed E-state index contributed by atoms with van der Waals surface area (Å²) in [5, 5.41) is 11.3. The molecule has 0 saturated carbocycles. The number of aliphatic hydroxyl groups excluding tert-OH is 1. The monoisotopic (exact) mass is 490 g/mol. The molecule has 3 aromatic rings. The Morgan fingerprint density at radius 3 is 2.72 bits per heavy atom. The molecule has 32 heavy (non-hydrogen) atoms. The fourth-order valence-corrected chi connectivity index (χ4v) is 4.70. The number of halogens is 1. The van der Waals surface area contributed by atoms with Gasteiger partial charge in [0.2, 0.25) is 0 Å². The molecule has 1 amide bonds. The topological polar surface area (TPSA) is 79.7 Å². The smallest absolute Gasteiger partial charge is 0.301 e. The molecule has 0 aliphatic carbocycles. The zero-order valence-electron chi connectivity index (χ0n) is 17.2. The quantitative estimate of drug-likeness (QED) is 0.324.